The van der Waals surface area contributed by atoms with Crippen LogP contribution in [0.25, 0.3) is 21.5 Å². The quantitative estimate of drug-likeness (QED) is 0.431. The minimum absolute atomic E-state index is 0.0673. The lowest BCUT2D eigenvalue weighted by molar-refractivity contribution is 0.0496. The molecule has 1 amide bonds. The van der Waals surface area contributed by atoms with Crippen molar-refractivity contribution >= 4 is 40.2 Å². The SMILES string of the molecule is CCc1cc2c(=O)c(-c3nc(C)cs3)c([C@@H](CCSC)NC(=O)OC(C)(C)C)oc2cc1O. The van der Waals surface area contributed by atoms with Gasteiger partial charge in [0.25, 0.3) is 0 Å². The zero-order chi connectivity index (χ0) is 24.3. The number of hydrogen-bond donors (Lipinski definition) is 2. The van der Waals surface area contributed by atoms with Crippen LogP contribution in [0.15, 0.2) is 26.7 Å². The van der Waals surface area contributed by atoms with Gasteiger partial charge in [-0.3, -0.25) is 4.79 Å². The van der Waals surface area contributed by atoms with Crippen molar-refractivity contribution in [1.82, 2.24) is 10.3 Å². The highest BCUT2D eigenvalue weighted by molar-refractivity contribution is 7.98. The molecule has 33 heavy (non-hydrogen) atoms. The Labute approximate surface area is 201 Å². The van der Waals surface area contributed by atoms with Gasteiger partial charge in [-0.2, -0.15) is 11.8 Å². The number of fused-ring (bicyclic) bond motifs is 1. The Balaban J connectivity index is 2.24. The number of nitrogens with zero attached hydrogens (tertiary/aromatic N) is 1. The van der Waals surface area contributed by atoms with Crippen LogP contribution < -0.4 is 10.7 Å². The van der Waals surface area contributed by atoms with Gasteiger partial charge in [0.1, 0.15) is 27.7 Å². The Morgan fingerprint density at radius 3 is 2.67 bits per heavy atom. The van der Waals surface area contributed by atoms with Gasteiger partial charge in [0.05, 0.1) is 17.0 Å². The van der Waals surface area contributed by atoms with Gasteiger partial charge in [-0.1, -0.05) is 6.92 Å². The van der Waals surface area contributed by atoms with Gasteiger partial charge in [0, 0.05) is 17.1 Å². The molecular weight excluding hydrogens is 460 g/mol. The minimum Gasteiger partial charge on any atom is -0.508 e. The van der Waals surface area contributed by atoms with Crippen LogP contribution in [0.4, 0.5) is 4.79 Å². The topological polar surface area (TPSA) is 102 Å². The number of ether oxygens (including phenoxy) is 1. The Morgan fingerprint density at radius 2 is 2.09 bits per heavy atom. The van der Waals surface area contributed by atoms with E-state index < -0.39 is 17.7 Å². The minimum atomic E-state index is -0.671. The number of carbonyl (C=O) groups excluding carboxylic acids is 1. The first kappa shape index (κ1) is 25.1. The van der Waals surface area contributed by atoms with Crippen molar-refractivity contribution in [2.75, 3.05) is 12.0 Å². The highest BCUT2D eigenvalue weighted by Gasteiger charge is 2.28. The predicted octanol–water partition coefficient (Wildman–Crippen LogP) is 5.81. The van der Waals surface area contributed by atoms with Gasteiger partial charge in [0.2, 0.25) is 5.43 Å². The molecular formula is C24H30N2O5S2. The van der Waals surface area contributed by atoms with E-state index >= 15 is 0 Å². The molecule has 0 spiro atoms. The normalized spacial score (nSPS) is 12.7. The molecule has 7 nitrogen and oxygen atoms in total. The summed E-state index contributed by atoms with van der Waals surface area (Å²) in [5.74, 6) is 1.10. The first-order valence-electron chi connectivity index (χ1n) is 10.8. The van der Waals surface area contributed by atoms with Crippen molar-refractivity contribution in [3.05, 3.63) is 44.8 Å². The highest BCUT2D eigenvalue weighted by atomic mass is 32.2. The third-order valence-electron chi connectivity index (χ3n) is 4.95. The molecule has 3 rings (SSSR count). The second-order valence-corrected chi connectivity index (χ2v) is 10.6. The molecule has 1 atom stereocenters. The molecule has 0 saturated carbocycles. The monoisotopic (exact) mass is 490 g/mol. The summed E-state index contributed by atoms with van der Waals surface area (Å²) in [6.07, 6.45) is 2.47. The average Bonchev–Trinajstić information content (AvgIpc) is 3.15. The number of aromatic hydroxyl groups is 1. The number of benzene rings is 1. The van der Waals surface area contributed by atoms with Crippen LogP contribution >= 0.6 is 23.1 Å². The van der Waals surface area contributed by atoms with Crippen LogP contribution in [0.5, 0.6) is 5.75 Å². The van der Waals surface area contributed by atoms with Crippen LogP contribution in [0.2, 0.25) is 0 Å². The number of hydrogen-bond acceptors (Lipinski definition) is 8. The number of carbonyl (C=O) groups is 1. The molecule has 2 N–H and O–H groups in total. The van der Waals surface area contributed by atoms with E-state index in [2.05, 4.69) is 10.3 Å². The summed E-state index contributed by atoms with van der Waals surface area (Å²) in [4.78, 5) is 30.9. The fourth-order valence-corrected chi connectivity index (χ4v) is 4.76. The van der Waals surface area contributed by atoms with E-state index in [4.69, 9.17) is 9.15 Å². The van der Waals surface area contributed by atoms with Gasteiger partial charge in [-0.05, 0) is 64.2 Å². The van der Waals surface area contributed by atoms with Crippen molar-refractivity contribution in [1.29, 1.82) is 0 Å². The van der Waals surface area contributed by atoms with Crippen molar-refractivity contribution in [3.63, 3.8) is 0 Å². The third kappa shape index (κ3) is 5.89. The maximum absolute atomic E-state index is 13.7. The van der Waals surface area contributed by atoms with Crippen LogP contribution in [-0.4, -0.2) is 33.8 Å². The third-order valence-corrected chi connectivity index (χ3v) is 6.57. The standard InChI is InChI=1S/C24H30N2O5S2/c1-7-14-10-15-18(11-17(14)27)30-21(19(20(15)28)22-25-13(2)12-33-22)16(8-9-32-6)26-23(29)31-24(3,4)5/h10-12,16,27H,7-9H2,1-6H3,(H,26,29)/t16-/m1/s1. The lowest BCUT2D eigenvalue weighted by Gasteiger charge is -2.24. The predicted molar refractivity (Wildman–Crippen MR) is 134 cm³/mol. The number of thiazole rings is 1. The van der Waals surface area contributed by atoms with E-state index in [1.165, 1.54) is 17.4 Å². The summed E-state index contributed by atoms with van der Waals surface area (Å²) < 4.78 is 11.7. The van der Waals surface area contributed by atoms with E-state index in [0.29, 0.717) is 40.1 Å². The summed E-state index contributed by atoms with van der Waals surface area (Å²) in [6, 6.07) is 2.52. The van der Waals surface area contributed by atoms with E-state index in [-0.39, 0.29) is 16.8 Å². The van der Waals surface area contributed by atoms with Crippen molar-refractivity contribution < 1.29 is 19.1 Å². The van der Waals surface area contributed by atoms with E-state index in [9.17, 15) is 14.7 Å². The first-order chi connectivity index (χ1) is 15.5. The second kappa shape index (κ2) is 10.2. The molecule has 0 bridgehead atoms. The average molecular weight is 491 g/mol. The van der Waals surface area contributed by atoms with Gasteiger partial charge < -0.3 is 19.6 Å². The maximum Gasteiger partial charge on any atom is 0.408 e. The van der Waals surface area contributed by atoms with E-state index in [0.717, 1.165) is 11.4 Å². The molecule has 2 aromatic heterocycles. The molecule has 0 fully saturated rings. The van der Waals surface area contributed by atoms with Gasteiger partial charge in [-0.15, -0.1) is 11.3 Å². The molecule has 0 saturated heterocycles. The second-order valence-electron chi connectivity index (χ2n) is 8.78. The van der Waals surface area contributed by atoms with Crippen molar-refractivity contribution in [3.8, 4) is 16.3 Å². The summed E-state index contributed by atoms with van der Waals surface area (Å²) in [7, 11) is 0. The fraction of sp³-hybridized carbons (Fsp3) is 0.458. The van der Waals surface area contributed by atoms with E-state index in [1.54, 1.807) is 38.6 Å². The zero-order valence-electron chi connectivity index (χ0n) is 19.8. The Morgan fingerprint density at radius 1 is 1.36 bits per heavy atom. The smallest absolute Gasteiger partial charge is 0.408 e. The molecule has 9 heteroatoms. The number of nitrogens with one attached hydrogen (secondary N) is 1. The molecule has 0 radical (unpaired) electrons. The molecule has 178 valence electrons. The summed E-state index contributed by atoms with van der Waals surface area (Å²) in [5, 5.41) is 16.0. The van der Waals surface area contributed by atoms with Gasteiger partial charge in [0.15, 0.2) is 0 Å². The summed E-state index contributed by atoms with van der Waals surface area (Å²) >= 11 is 2.97. The zero-order valence-corrected chi connectivity index (χ0v) is 21.4. The van der Waals surface area contributed by atoms with Crippen LogP contribution in [0, 0.1) is 6.92 Å². The van der Waals surface area contributed by atoms with Crippen molar-refractivity contribution in [2.45, 2.75) is 59.1 Å². The summed E-state index contributed by atoms with van der Waals surface area (Å²) in [5.41, 5.74) is 1.14. The molecule has 0 aliphatic heterocycles. The Bertz CT molecular complexity index is 1210. The first-order valence-corrected chi connectivity index (χ1v) is 13.0. The highest BCUT2D eigenvalue weighted by Crippen LogP contribution is 2.34. The van der Waals surface area contributed by atoms with Crippen LogP contribution in [-0.2, 0) is 11.2 Å². The molecule has 0 aliphatic rings. The number of phenolic OH excluding ortho intramolecular Hbond substituents is 1. The number of thioether (sulfide) groups is 1. The molecule has 3 aromatic rings. The molecule has 1 aromatic carbocycles. The van der Waals surface area contributed by atoms with Crippen LogP contribution in [0.3, 0.4) is 0 Å². The molecule has 2 heterocycles. The van der Waals surface area contributed by atoms with E-state index in [1.807, 2.05) is 25.5 Å². The number of phenols is 1. The number of rotatable bonds is 7. The van der Waals surface area contributed by atoms with Crippen LogP contribution in [0.1, 0.15) is 57.2 Å². The number of aryl methyl sites for hydroxylation is 2. The lowest BCUT2D eigenvalue weighted by Crippen LogP contribution is -2.35. The Kier molecular flexibility index (Phi) is 7.74. The lowest BCUT2D eigenvalue weighted by atomic mass is 10.0. The number of alkyl carbamates (subject to hydrolysis) is 1. The van der Waals surface area contributed by atoms with Gasteiger partial charge in [-0.25, -0.2) is 9.78 Å². The molecule has 0 aliphatic carbocycles. The van der Waals surface area contributed by atoms with Crippen molar-refractivity contribution in [2.24, 2.45) is 0 Å². The largest absolute Gasteiger partial charge is 0.508 e. The number of aromatic nitrogens is 1. The maximum atomic E-state index is 13.7. The number of amides is 1. The fourth-order valence-electron chi connectivity index (χ4n) is 3.45. The molecule has 0 unspecified atom stereocenters. The summed E-state index contributed by atoms with van der Waals surface area (Å²) in [6.45, 7) is 9.14. The van der Waals surface area contributed by atoms with Gasteiger partial charge >= 0.3 is 6.09 Å². The Hall–Kier alpha value is -2.52.